The van der Waals surface area contributed by atoms with Crippen LogP contribution in [0.4, 0.5) is 0 Å². The van der Waals surface area contributed by atoms with E-state index in [9.17, 15) is 4.79 Å². The number of carbonyl (C=O) groups excluding carboxylic acids is 1. The minimum Gasteiger partial charge on any atom is -0.349 e. The minimum absolute atomic E-state index is 0.0308. The summed E-state index contributed by atoms with van der Waals surface area (Å²) in [4.78, 5) is 11.8. The summed E-state index contributed by atoms with van der Waals surface area (Å²) < 4.78 is 1.58. The number of rotatable bonds is 5. The van der Waals surface area contributed by atoms with Gasteiger partial charge in [-0.25, -0.2) is 0 Å². The van der Waals surface area contributed by atoms with Gasteiger partial charge in [-0.2, -0.15) is 5.10 Å². The molecule has 3 N–H and O–H groups in total. The highest BCUT2D eigenvalue weighted by Crippen LogP contribution is 2.01. The minimum atomic E-state index is -0.116. The lowest BCUT2D eigenvalue weighted by Gasteiger charge is -2.11. The van der Waals surface area contributed by atoms with Gasteiger partial charge in [0.25, 0.3) is 5.91 Å². The SMILES string of the molecule is CCCC(N)CNC(=O)c1cc(C)nn1C. The molecule has 0 fully saturated rings. The molecule has 0 radical (unpaired) electrons. The third-order valence-electron chi connectivity index (χ3n) is 2.42. The summed E-state index contributed by atoms with van der Waals surface area (Å²) in [6.45, 7) is 4.45. The molecule has 0 spiro atoms. The lowest BCUT2D eigenvalue weighted by atomic mass is 10.2. The summed E-state index contributed by atoms with van der Waals surface area (Å²) in [5.41, 5.74) is 7.23. The summed E-state index contributed by atoms with van der Waals surface area (Å²) in [6, 6.07) is 1.80. The van der Waals surface area contributed by atoms with E-state index < -0.39 is 0 Å². The molecule has 0 aromatic carbocycles. The van der Waals surface area contributed by atoms with Gasteiger partial charge in [0.1, 0.15) is 5.69 Å². The smallest absolute Gasteiger partial charge is 0.269 e. The molecular weight excluding hydrogens is 204 g/mol. The van der Waals surface area contributed by atoms with Gasteiger partial charge < -0.3 is 11.1 Å². The normalized spacial score (nSPS) is 12.5. The first kappa shape index (κ1) is 12.7. The average molecular weight is 224 g/mol. The van der Waals surface area contributed by atoms with Gasteiger partial charge in [0.05, 0.1) is 5.69 Å². The Bertz CT molecular complexity index is 359. The third-order valence-corrected chi connectivity index (χ3v) is 2.42. The fourth-order valence-electron chi connectivity index (χ4n) is 1.61. The van der Waals surface area contributed by atoms with Gasteiger partial charge in [-0.05, 0) is 19.4 Å². The fourth-order valence-corrected chi connectivity index (χ4v) is 1.61. The number of aromatic nitrogens is 2. The number of aryl methyl sites for hydroxylation is 2. The van der Waals surface area contributed by atoms with Crippen molar-refractivity contribution in [3.63, 3.8) is 0 Å². The Labute approximate surface area is 96.0 Å². The van der Waals surface area contributed by atoms with E-state index in [1.807, 2.05) is 6.92 Å². The number of amides is 1. The van der Waals surface area contributed by atoms with Crippen LogP contribution in [-0.2, 0) is 7.05 Å². The van der Waals surface area contributed by atoms with Crippen LogP contribution in [0.5, 0.6) is 0 Å². The molecule has 1 heterocycles. The monoisotopic (exact) mass is 224 g/mol. The van der Waals surface area contributed by atoms with Crippen molar-refractivity contribution in [3.05, 3.63) is 17.5 Å². The summed E-state index contributed by atoms with van der Waals surface area (Å²) >= 11 is 0. The second kappa shape index (κ2) is 5.65. The number of nitrogens with one attached hydrogen (secondary N) is 1. The molecule has 0 saturated carbocycles. The summed E-state index contributed by atoms with van der Waals surface area (Å²) in [7, 11) is 1.76. The van der Waals surface area contributed by atoms with Crippen molar-refractivity contribution in [2.75, 3.05) is 6.54 Å². The van der Waals surface area contributed by atoms with Crippen LogP contribution < -0.4 is 11.1 Å². The maximum atomic E-state index is 11.8. The second-order valence-electron chi connectivity index (χ2n) is 4.05. The van der Waals surface area contributed by atoms with Crippen LogP contribution in [0.15, 0.2) is 6.07 Å². The van der Waals surface area contributed by atoms with Crippen molar-refractivity contribution in [1.29, 1.82) is 0 Å². The molecule has 1 unspecified atom stereocenters. The molecule has 16 heavy (non-hydrogen) atoms. The van der Waals surface area contributed by atoms with E-state index in [0.717, 1.165) is 18.5 Å². The summed E-state index contributed by atoms with van der Waals surface area (Å²) in [5, 5.41) is 6.93. The van der Waals surface area contributed by atoms with E-state index >= 15 is 0 Å². The van der Waals surface area contributed by atoms with Crippen molar-refractivity contribution >= 4 is 5.91 Å². The topological polar surface area (TPSA) is 72.9 Å². The standard InChI is InChI=1S/C11H20N4O/c1-4-5-9(12)7-13-11(16)10-6-8(2)14-15(10)3/h6,9H,4-5,7,12H2,1-3H3,(H,13,16). The van der Waals surface area contributed by atoms with E-state index in [-0.39, 0.29) is 11.9 Å². The third kappa shape index (κ3) is 3.34. The van der Waals surface area contributed by atoms with Crippen LogP contribution in [0.3, 0.4) is 0 Å². The Kier molecular flexibility index (Phi) is 4.49. The fraction of sp³-hybridized carbons (Fsp3) is 0.636. The van der Waals surface area contributed by atoms with Crippen molar-refractivity contribution in [2.24, 2.45) is 12.8 Å². The van der Waals surface area contributed by atoms with Crippen molar-refractivity contribution in [3.8, 4) is 0 Å². The maximum Gasteiger partial charge on any atom is 0.269 e. The molecule has 0 aliphatic carbocycles. The summed E-state index contributed by atoms with van der Waals surface area (Å²) in [5.74, 6) is -0.116. The van der Waals surface area contributed by atoms with E-state index in [0.29, 0.717) is 12.2 Å². The maximum absolute atomic E-state index is 11.8. The molecule has 0 saturated heterocycles. The molecule has 1 aromatic rings. The molecule has 0 aliphatic rings. The van der Waals surface area contributed by atoms with E-state index in [1.165, 1.54) is 0 Å². The summed E-state index contributed by atoms with van der Waals surface area (Å²) in [6.07, 6.45) is 1.95. The van der Waals surface area contributed by atoms with E-state index in [4.69, 9.17) is 5.73 Å². The predicted molar refractivity (Wildman–Crippen MR) is 63.2 cm³/mol. The molecule has 0 bridgehead atoms. The quantitative estimate of drug-likeness (QED) is 0.768. The first-order valence-electron chi connectivity index (χ1n) is 5.59. The van der Waals surface area contributed by atoms with Crippen LogP contribution in [0, 0.1) is 6.92 Å². The van der Waals surface area contributed by atoms with Gasteiger partial charge in [-0.15, -0.1) is 0 Å². The van der Waals surface area contributed by atoms with Gasteiger partial charge in [0, 0.05) is 19.6 Å². The molecule has 0 aliphatic heterocycles. The molecular formula is C11H20N4O. The van der Waals surface area contributed by atoms with Gasteiger partial charge in [-0.3, -0.25) is 9.48 Å². The Morgan fingerprint density at radius 2 is 2.38 bits per heavy atom. The molecule has 90 valence electrons. The Hall–Kier alpha value is -1.36. The lowest BCUT2D eigenvalue weighted by molar-refractivity contribution is 0.0941. The highest BCUT2D eigenvalue weighted by molar-refractivity contribution is 5.92. The number of hydrogen-bond donors (Lipinski definition) is 2. The zero-order chi connectivity index (χ0) is 12.1. The molecule has 1 aromatic heterocycles. The Balaban J connectivity index is 2.50. The molecule has 1 atom stereocenters. The number of nitrogens with two attached hydrogens (primary N) is 1. The lowest BCUT2D eigenvalue weighted by Crippen LogP contribution is -2.37. The van der Waals surface area contributed by atoms with E-state index in [1.54, 1.807) is 17.8 Å². The van der Waals surface area contributed by atoms with Crippen LogP contribution >= 0.6 is 0 Å². The molecule has 5 heteroatoms. The van der Waals surface area contributed by atoms with Crippen LogP contribution in [-0.4, -0.2) is 28.3 Å². The highest BCUT2D eigenvalue weighted by Gasteiger charge is 2.12. The van der Waals surface area contributed by atoms with Gasteiger partial charge in [-0.1, -0.05) is 13.3 Å². The largest absolute Gasteiger partial charge is 0.349 e. The molecule has 1 rings (SSSR count). The molecule has 5 nitrogen and oxygen atoms in total. The van der Waals surface area contributed by atoms with E-state index in [2.05, 4.69) is 17.3 Å². The number of carbonyl (C=O) groups is 1. The number of nitrogens with zero attached hydrogens (tertiary/aromatic N) is 2. The Morgan fingerprint density at radius 3 is 2.88 bits per heavy atom. The predicted octanol–water partition coefficient (Wildman–Crippen LogP) is 0.586. The van der Waals surface area contributed by atoms with Crippen LogP contribution in [0.2, 0.25) is 0 Å². The van der Waals surface area contributed by atoms with Crippen molar-refractivity contribution in [2.45, 2.75) is 32.7 Å². The average Bonchev–Trinajstić information content (AvgIpc) is 2.55. The first-order chi connectivity index (χ1) is 7.54. The first-order valence-corrected chi connectivity index (χ1v) is 5.59. The zero-order valence-electron chi connectivity index (χ0n) is 10.2. The zero-order valence-corrected chi connectivity index (χ0v) is 10.2. The highest BCUT2D eigenvalue weighted by atomic mass is 16.2. The second-order valence-corrected chi connectivity index (χ2v) is 4.05. The van der Waals surface area contributed by atoms with Crippen LogP contribution in [0.25, 0.3) is 0 Å². The van der Waals surface area contributed by atoms with Gasteiger partial charge >= 0.3 is 0 Å². The number of hydrogen-bond acceptors (Lipinski definition) is 3. The van der Waals surface area contributed by atoms with Crippen molar-refractivity contribution < 1.29 is 4.79 Å². The Morgan fingerprint density at radius 1 is 1.69 bits per heavy atom. The van der Waals surface area contributed by atoms with Crippen molar-refractivity contribution in [1.82, 2.24) is 15.1 Å². The molecule has 1 amide bonds. The van der Waals surface area contributed by atoms with Gasteiger partial charge in [0.15, 0.2) is 0 Å². The van der Waals surface area contributed by atoms with Gasteiger partial charge in [0.2, 0.25) is 0 Å². The van der Waals surface area contributed by atoms with Crippen LogP contribution in [0.1, 0.15) is 35.9 Å².